The number of urea groups is 1. The lowest BCUT2D eigenvalue weighted by molar-refractivity contribution is -0.172. The third-order valence-corrected chi connectivity index (χ3v) is 19.6. The van der Waals surface area contributed by atoms with Crippen LogP contribution in [-0.4, -0.2) is 233 Å². The van der Waals surface area contributed by atoms with Crippen LogP contribution in [0.3, 0.4) is 0 Å². The SMILES string of the molecule is C#CP(=O)(Nc1ccc(C(=O)N[C@H](C(=O)N[C@@H](CCCNC(N)=O)C(=O)Nc2ccc(COC(=O)N[C@H]3CCc4c(C)c(F)cc5nc6c(c3c45)Cn3c-6cc4c(c3=O)COC(=O)[C@]4(O)CC)cc2)C(C)C)cc1)OCCOCCOCCOCCOCCOCCOCCOCCOCCOCCOCCOCCO. The number of carbonyl (C=O) groups excluding carboxylic acids is 6. The number of ether oxygens (including phenoxy) is 13. The van der Waals surface area contributed by atoms with Gasteiger partial charge in [-0.25, -0.2) is 23.8 Å². The van der Waals surface area contributed by atoms with Crippen LogP contribution >= 0.6 is 7.52 Å². The van der Waals surface area contributed by atoms with E-state index in [2.05, 4.69) is 37.3 Å². The molecule has 2 aliphatic heterocycles. The zero-order valence-electron chi connectivity index (χ0n) is 63.2. The van der Waals surface area contributed by atoms with Gasteiger partial charge in [0.25, 0.3) is 11.5 Å². The Kier molecular flexibility index (Phi) is 36.3. The highest BCUT2D eigenvalue weighted by Gasteiger charge is 2.46. The first-order valence-corrected chi connectivity index (χ1v) is 38.7. The number of primary amides is 1. The number of cyclic esters (lactones) is 1. The van der Waals surface area contributed by atoms with Gasteiger partial charge < -0.3 is 118 Å². The minimum atomic E-state index is -3.86. The minimum absolute atomic E-state index is 0.00343. The zero-order chi connectivity index (χ0) is 79.6. The highest BCUT2D eigenvalue weighted by atomic mass is 31.2. The molecule has 0 fully saturated rings. The number of amides is 6. The Morgan fingerprint density at radius 1 is 0.730 bits per heavy atom. The van der Waals surface area contributed by atoms with Crippen LogP contribution in [-0.2, 0) is 117 Å². The number of pyridine rings is 2. The van der Waals surface area contributed by atoms with Gasteiger partial charge in [0, 0.05) is 51.7 Å². The molecule has 608 valence electrons. The third-order valence-electron chi connectivity index (χ3n) is 18.1. The van der Waals surface area contributed by atoms with Crippen LogP contribution in [0.1, 0.15) is 102 Å². The Labute approximate surface area is 643 Å². The number of nitrogens with one attached hydrogen (secondary N) is 6. The number of fused-ring (bicyclic) bond motifs is 5. The van der Waals surface area contributed by atoms with Crippen LogP contribution < -0.4 is 43.0 Å². The number of nitrogens with two attached hydrogens (primary N) is 1. The molecule has 3 aliphatic rings. The normalized spacial score (nSPS) is 15.8. The molecule has 3 aromatic carbocycles. The first-order valence-electron chi connectivity index (χ1n) is 37.0. The van der Waals surface area contributed by atoms with E-state index in [1.54, 1.807) is 58.0 Å². The van der Waals surface area contributed by atoms with Crippen LogP contribution in [0.25, 0.3) is 22.3 Å². The van der Waals surface area contributed by atoms with Gasteiger partial charge in [-0.2, -0.15) is 0 Å². The Bertz CT molecular complexity index is 4040. The molecule has 33 nitrogen and oxygen atoms in total. The number of rotatable bonds is 53. The number of aliphatic hydroxyl groups excluding tert-OH is 1. The molecular formula is C76H103FN9O24P. The summed E-state index contributed by atoms with van der Waals surface area (Å²) >= 11 is 0. The molecule has 5 aromatic rings. The maximum absolute atomic E-state index is 15.5. The smallest absolute Gasteiger partial charge is 0.407 e. The van der Waals surface area contributed by atoms with E-state index < -0.39 is 84.4 Å². The van der Waals surface area contributed by atoms with E-state index in [0.717, 1.165) is 5.56 Å². The van der Waals surface area contributed by atoms with Crippen LogP contribution in [0.15, 0.2) is 65.5 Å². The number of aryl methyl sites for hydroxylation is 1. The molecule has 2 aromatic heterocycles. The molecule has 0 saturated carbocycles. The van der Waals surface area contributed by atoms with Crippen molar-refractivity contribution in [2.45, 2.75) is 103 Å². The number of hydrogen-bond acceptors (Lipinski definition) is 25. The van der Waals surface area contributed by atoms with Crippen molar-refractivity contribution >= 4 is 65.6 Å². The van der Waals surface area contributed by atoms with Gasteiger partial charge in [0.05, 0.1) is 194 Å². The number of anilines is 2. The quantitative estimate of drug-likeness (QED) is 0.0103. The average molecular weight is 1580 g/mol. The third kappa shape index (κ3) is 26.5. The Morgan fingerprint density at radius 3 is 1.77 bits per heavy atom. The summed E-state index contributed by atoms with van der Waals surface area (Å²) in [5, 5.41) is 37.2. The molecule has 0 bridgehead atoms. The first kappa shape index (κ1) is 88.0. The van der Waals surface area contributed by atoms with Gasteiger partial charge in [-0.1, -0.05) is 32.9 Å². The lowest BCUT2D eigenvalue weighted by atomic mass is 9.81. The topological polar surface area (TPSA) is 422 Å². The summed E-state index contributed by atoms with van der Waals surface area (Å²) < 4.78 is 107. The van der Waals surface area contributed by atoms with E-state index in [9.17, 15) is 43.2 Å². The fourth-order valence-corrected chi connectivity index (χ4v) is 13.3. The van der Waals surface area contributed by atoms with Crippen molar-refractivity contribution in [3.8, 4) is 23.5 Å². The largest absolute Gasteiger partial charge is 0.458 e. The van der Waals surface area contributed by atoms with Gasteiger partial charge in [0.2, 0.25) is 11.8 Å². The average Bonchev–Trinajstić information content (AvgIpc) is 1.61. The monoisotopic (exact) mass is 1580 g/mol. The predicted octanol–water partition coefficient (Wildman–Crippen LogP) is 5.15. The summed E-state index contributed by atoms with van der Waals surface area (Å²) in [5.41, 5.74) is 9.86. The zero-order valence-corrected chi connectivity index (χ0v) is 64.1. The van der Waals surface area contributed by atoms with E-state index in [1.807, 2.05) is 0 Å². The van der Waals surface area contributed by atoms with Crippen molar-refractivity contribution in [2.24, 2.45) is 11.7 Å². The molecule has 0 spiro atoms. The van der Waals surface area contributed by atoms with Crippen LogP contribution in [0, 0.1) is 30.7 Å². The van der Waals surface area contributed by atoms with Gasteiger partial charge in [-0.05, 0) is 110 Å². The highest BCUT2D eigenvalue weighted by molar-refractivity contribution is 7.65. The number of hydrogen-bond donors (Lipinski definition) is 9. The maximum Gasteiger partial charge on any atom is 0.407 e. The molecule has 0 radical (unpaired) electrons. The van der Waals surface area contributed by atoms with Gasteiger partial charge in [-0.3, -0.25) is 23.7 Å². The van der Waals surface area contributed by atoms with E-state index >= 15 is 4.39 Å². The molecular weight excluding hydrogens is 1470 g/mol. The summed E-state index contributed by atoms with van der Waals surface area (Å²) in [7, 11) is -3.86. The van der Waals surface area contributed by atoms with E-state index in [1.165, 1.54) is 34.9 Å². The van der Waals surface area contributed by atoms with Crippen molar-refractivity contribution in [2.75, 3.05) is 176 Å². The molecule has 1 unspecified atom stereocenters. The molecule has 8 rings (SSSR count). The molecule has 6 amide bonds. The number of terminal acetylenes is 1. The second kappa shape index (κ2) is 45.8. The standard InChI is InChI=1S/C76H103FN9O24P/c1-6-76(95)59-45-64-68-57(47-86(64)72(91)58(59)49-108-73(76)92)66-61(19-18-56-51(5)60(77)46-63(81-68)65(56)66)83-75(94)109-48-52-10-14-54(15-11-52)80-70(89)62(9-8-20-79-74(78)93)82-71(90)67(50(3)4)84-69(88)53-12-16-55(17-13-53)85-111(96,7-2)110-44-43-107-42-41-106-40-39-105-38-37-104-36-35-103-34-33-102-32-31-101-30-29-100-28-27-99-26-25-98-24-23-97-22-21-87/h2,10-17,45-46,50,61-62,67,87,95H,6,8-9,18-44,47-49H2,1,3-5H3,(H,80,89)(H,82,90)(H,83,94)(H,84,88)(H,85,96)(H3,78,79,93)/t61-,62-,67-,76-,111?/m0/s1. The summed E-state index contributed by atoms with van der Waals surface area (Å²) in [5.74, 6) is -3.75. The Morgan fingerprint density at radius 2 is 1.26 bits per heavy atom. The van der Waals surface area contributed by atoms with E-state index in [0.29, 0.717) is 189 Å². The molecule has 35 heteroatoms. The lowest BCUT2D eigenvalue weighted by Crippen LogP contribution is -2.54. The predicted molar refractivity (Wildman–Crippen MR) is 402 cm³/mol. The van der Waals surface area contributed by atoms with Crippen LogP contribution in [0.5, 0.6) is 0 Å². The number of alkyl carbamates (subject to hydrolysis) is 1. The molecule has 1 aliphatic carbocycles. The summed E-state index contributed by atoms with van der Waals surface area (Å²) in [6.07, 6.45) is 5.79. The van der Waals surface area contributed by atoms with Crippen LogP contribution in [0.2, 0.25) is 0 Å². The molecule has 10 N–H and O–H groups in total. The van der Waals surface area contributed by atoms with Crippen molar-refractivity contribution < 1.29 is 114 Å². The fourth-order valence-electron chi connectivity index (χ4n) is 12.3. The summed E-state index contributed by atoms with van der Waals surface area (Å²) in [4.78, 5) is 98.8. The molecule has 0 saturated heterocycles. The molecule has 4 heterocycles. The second-order valence-corrected chi connectivity index (χ2v) is 28.0. The minimum Gasteiger partial charge on any atom is -0.458 e. The number of esters is 1. The van der Waals surface area contributed by atoms with E-state index in [-0.39, 0.29) is 101 Å². The number of aromatic nitrogens is 2. The van der Waals surface area contributed by atoms with Crippen molar-refractivity contribution in [3.63, 3.8) is 0 Å². The number of halogens is 1. The van der Waals surface area contributed by atoms with E-state index in [4.69, 9.17) is 88.4 Å². The second-order valence-electron chi connectivity index (χ2n) is 26.2. The summed E-state index contributed by atoms with van der Waals surface area (Å²) in [6.45, 7) is 14.7. The van der Waals surface area contributed by atoms with Crippen molar-refractivity contribution in [1.29, 1.82) is 0 Å². The number of benzene rings is 3. The highest BCUT2D eigenvalue weighted by Crippen LogP contribution is 2.47. The Balaban J connectivity index is 0.692. The number of nitrogens with zero attached hydrogens (tertiary/aromatic N) is 2. The van der Waals surface area contributed by atoms with Gasteiger partial charge >= 0.3 is 25.6 Å². The number of aliphatic hydroxyl groups is 2. The maximum atomic E-state index is 15.5. The molecule has 111 heavy (non-hydrogen) atoms. The van der Waals surface area contributed by atoms with Gasteiger partial charge in [0.1, 0.15) is 31.1 Å². The van der Waals surface area contributed by atoms with Gasteiger partial charge in [0.15, 0.2) is 5.60 Å². The fraction of sp³-hybridized carbons (Fsp3) is 0.553. The lowest BCUT2D eigenvalue weighted by Gasteiger charge is -2.31. The molecule has 5 atom stereocenters. The van der Waals surface area contributed by atoms with Crippen molar-refractivity contribution in [3.05, 3.63) is 121 Å². The number of carbonyl (C=O) groups is 6. The van der Waals surface area contributed by atoms with Crippen molar-refractivity contribution in [1.82, 2.24) is 30.8 Å². The Hall–Kier alpha value is -8.60. The first-order chi connectivity index (χ1) is 53.7. The summed E-state index contributed by atoms with van der Waals surface area (Å²) in [6, 6.07) is 11.3. The van der Waals surface area contributed by atoms with Crippen LogP contribution in [0.4, 0.5) is 25.4 Å². The van der Waals surface area contributed by atoms with Gasteiger partial charge in [-0.15, -0.1) is 6.42 Å².